The van der Waals surface area contributed by atoms with Gasteiger partial charge in [0.25, 0.3) is 0 Å². The number of fused-ring (bicyclic) bond motifs is 2. The number of nitrogens with zero attached hydrogens (tertiary/aromatic N) is 1. The van der Waals surface area contributed by atoms with E-state index in [0.29, 0.717) is 5.92 Å². The first-order chi connectivity index (χ1) is 32.7. The van der Waals surface area contributed by atoms with E-state index in [1.54, 1.807) is 0 Å². The van der Waals surface area contributed by atoms with Crippen molar-refractivity contribution < 1.29 is 0 Å². The molecule has 0 radical (unpaired) electrons. The van der Waals surface area contributed by atoms with Crippen LogP contribution >= 0.6 is 0 Å². The fraction of sp³-hybridized carbons (Fsp3) is 0.0462. The van der Waals surface area contributed by atoms with Crippen LogP contribution in [0.25, 0.3) is 66.1 Å². The maximum Gasteiger partial charge on any atom is 0.0540 e. The molecule has 66 heavy (non-hydrogen) atoms. The Morgan fingerprint density at radius 3 is 1.30 bits per heavy atom. The van der Waals surface area contributed by atoms with E-state index in [4.69, 9.17) is 0 Å². The van der Waals surface area contributed by atoms with Gasteiger partial charge in [-0.15, -0.1) is 0 Å². The van der Waals surface area contributed by atoms with Gasteiger partial charge in [0.05, 0.1) is 5.69 Å². The molecule has 0 fully saturated rings. The molecule has 11 rings (SSSR count). The molecule has 0 heterocycles. The van der Waals surface area contributed by atoms with Gasteiger partial charge in [0.1, 0.15) is 0 Å². The minimum atomic E-state index is 0.300. The zero-order chi connectivity index (χ0) is 44.1. The first-order valence-corrected chi connectivity index (χ1v) is 23.1. The zero-order valence-electron chi connectivity index (χ0n) is 36.8. The number of hydrogen-bond donors (Lipinski definition) is 0. The average Bonchev–Trinajstić information content (AvgIpc) is 3.40. The third-order valence-electron chi connectivity index (χ3n) is 13.2. The van der Waals surface area contributed by atoms with Gasteiger partial charge in [-0.1, -0.05) is 237 Å². The van der Waals surface area contributed by atoms with Crippen molar-refractivity contribution in [2.75, 3.05) is 4.90 Å². The lowest BCUT2D eigenvalue weighted by Gasteiger charge is -2.27. The van der Waals surface area contributed by atoms with Crippen molar-refractivity contribution in [1.29, 1.82) is 0 Å². The van der Waals surface area contributed by atoms with Gasteiger partial charge in [0.2, 0.25) is 0 Å². The maximum absolute atomic E-state index is 2.39. The Kier molecular flexibility index (Phi) is 11.3. The monoisotopic (exact) mass is 843 g/mol. The molecular formula is C65H49N. The highest BCUT2D eigenvalue weighted by Crippen LogP contribution is 2.41. The van der Waals surface area contributed by atoms with Crippen molar-refractivity contribution in [3.8, 4) is 44.5 Å². The first-order valence-electron chi connectivity index (χ1n) is 23.1. The first kappa shape index (κ1) is 40.5. The molecule has 1 heteroatoms. The summed E-state index contributed by atoms with van der Waals surface area (Å²) in [5.74, 6) is 0.300. The van der Waals surface area contributed by atoms with Crippen LogP contribution in [0.1, 0.15) is 22.6 Å². The van der Waals surface area contributed by atoms with Crippen molar-refractivity contribution in [2.24, 2.45) is 0 Å². The lowest BCUT2D eigenvalue weighted by atomic mass is 9.84. The SMILES string of the molecule is c1ccc(-c2ccc(CC(Cc3cccc4ccccc34)c3ccc(-c4ccccc4-c4ccc(N(c5ccc(-c6ccccc6)cc5)c5cccc6ccccc56)cc4)cc3)cc2)cc1. The largest absolute Gasteiger partial charge is 0.310 e. The zero-order valence-corrected chi connectivity index (χ0v) is 36.8. The molecule has 0 saturated carbocycles. The molecule has 1 unspecified atom stereocenters. The van der Waals surface area contributed by atoms with Gasteiger partial charge in [-0.05, 0) is 126 Å². The molecular weight excluding hydrogens is 795 g/mol. The molecule has 0 N–H and O–H groups in total. The minimum absolute atomic E-state index is 0.300. The molecule has 0 aliphatic heterocycles. The molecule has 314 valence electrons. The van der Waals surface area contributed by atoms with Crippen LogP contribution in [0.4, 0.5) is 17.1 Å². The fourth-order valence-corrected chi connectivity index (χ4v) is 9.77. The standard InChI is InChI=1S/C65H49N/c1-3-15-48(16-4-1)50-31-29-47(30-32-50)45-58(46-57-23-13-21-53-19-7-9-24-61(53)57)52-33-35-55(36-34-52)62-25-11-12-26-63(62)56-39-43-60(44-40-56)66(65-28-14-22-54-20-8-10-27-64(54)65)59-41-37-51(38-42-59)49-17-5-2-6-18-49/h1-44,58H,45-46H2. The van der Waals surface area contributed by atoms with E-state index in [0.717, 1.165) is 29.9 Å². The molecule has 0 aromatic heterocycles. The Balaban J connectivity index is 0.911. The van der Waals surface area contributed by atoms with Crippen LogP contribution in [0.2, 0.25) is 0 Å². The Bertz CT molecular complexity index is 3360. The predicted octanol–water partition coefficient (Wildman–Crippen LogP) is 17.7. The van der Waals surface area contributed by atoms with Crippen LogP contribution < -0.4 is 4.90 Å². The van der Waals surface area contributed by atoms with Gasteiger partial charge in [0, 0.05) is 16.8 Å². The van der Waals surface area contributed by atoms with Crippen molar-refractivity contribution in [3.05, 3.63) is 284 Å². The quantitative estimate of drug-likeness (QED) is 0.118. The van der Waals surface area contributed by atoms with E-state index >= 15 is 0 Å². The van der Waals surface area contributed by atoms with Gasteiger partial charge in [-0.25, -0.2) is 0 Å². The molecule has 0 saturated heterocycles. The third-order valence-corrected chi connectivity index (χ3v) is 13.2. The Labute approximate surface area is 388 Å². The van der Waals surface area contributed by atoms with Gasteiger partial charge >= 0.3 is 0 Å². The summed E-state index contributed by atoms with van der Waals surface area (Å²) >= 11 is 0. The summed E-state index contributed by atoms with van der Waals surface area (Å²) in [5, 5.41) is 5.06. The van der Waals surface area contributed by atoms with Crippen molar-refractivity contribution >= 4 is 38.6 Å². The van der Waals surface area contributed by atoms with Crippen molar-refractivity contribution in [1.82, 2.24) is 0 Å². The molecule has 1 nitrogen and oxygen atoms in total. The van der Waals surface area contributed by atoms with Gasteiger partial charge in [-0.3, -0.25) is 0 Å². The van der Waals surface area contributed by atoms with Crippen LogP contribution in [-0.2, 0) is 12.8 Å². The van der Waals surface area contributed by atoms with E-state index in [1.165, 1.54) is 82.7 Å². The Morgan fingerprint density at radius 1 is 0.288 bits per heavy atom. The lowest BCUT2D eigenvalue weighted by Crippen LogP contribution is -2.10. The second-order valence-electron chi connectivity index (χ2n) is 17.3. The highest BCUT2D eigenvalue weighted by molar-refractivity contribution is 5.99. The van der Waals surface area contributed by atoms with E-state index in [9.17, 15) is 0 Å². The van der Waals surface area contributed by atoms with Crippen LogP contribution in [0.15, 0.2) is 267 Å². The molecule has 0 bridgehead atoms. The summed E-state index contributed by atoms with van der Waals surface area (Å²) in [6.45, 7) is 0. The summed E-state index contributed by atoms with van der Waals surface area (Å²) in [7, 11) is 0. The summed E-state index contributed by atoms with van der Waals surface area (Å²) in [5.41, 5.74) is 17.2. The second kappa shape index (κ2) is 18.5. The summed E-state index contributed by atoms with van der Waals surface area (Å²) in [6.07, 6.45) is 1.91. The topological polar surface area (TPSA) is 3.24 Å². The predicted molar refractivity (Wildman–Crippen MR) is 281 cm³/mol. The lowest BCUT2D eigenvalue weighted by molar-refractivity contribution is 0.683. The number of benzene rings is 11. The van der Waals surface area contributed by atoms with Crippen LogP contribution in [-0.4, -0.2) is 0 Å². The Morgan fingerprint density at radius 2 is 0.712 bits per heavy atom. The van der Waals surface area contributed by atoms with Crippen LogP contribution in [0, 0.1) is 0 Å². The van der Waals surface area contributed by atoms with Crippen molar-refractivity contribution in [2.45, 2.75) is 18.8 Å². The average molecular weight is 844 g/mol. The molecule has 0 amide bonds. The molecule has 0 aliphatic rings. The van der Waals surface area contributed by atoms with Gasteiger partial charge < -0.3 is 4.90 Å². The third kappa shape index (κ3) is 8.43. The van der Waals surface area contributed by atoms with Crippen molar-refractivity contribution in [3.63, 3.8) is 0 Å². The number of rotatable bonds is 12. The number of anilines is 3. The van der Waals surface area contributed by atoms with Crippen LogP contribution in [0.5, 0.6) is 0 Å². The highest BCUT2D eigenvalue weighted by atomic mass is 15.1. The Hall–Kier alpha value is -8.26. The highest BCUT2D eigenvalue weighted by Gasteiger charge is 2.19. The minimum Gasteiger partial charge on any atom is -0.310 e. The van der Waals surface area contributed by atoms with E-state index in [2.05, 4.69) is 272 Å². The summed E-state index contributed by atoms with van der Waals surface area (Å²) < 4.78 is 0. The fourth-order valence-electron chi connectivity index (χ4n) is 9.77. The summed E-state index contributed by atoms with van der Waals surface area (Å²) in [6, 6.07) is 97.5. The molecule has 0 spiro atoms. The molecule has 11 aromatic carbocycles. The van der Waals surface area contributed by atoms with Gasteiger partial charge in [-0.2, -0.15) is 0 Å². The smallest absolute Gasteiger partial charge is 0.0540 e. The maximum atomic E-state index is 2.39. The van der Waals surface area contributed by atoms with E-state index in [1.807, 2.05) is 0 Å². The normalized spacial score (nSPS) is 11.7. The van der Waals surface area contributed by atoms with Gasteiger partial charge in [0.15, 0.2) is 0 Å². The second-order valence-corrected chi connectivity index (χ2v) is 17.3. The molecule has 11 aromatic rings. The molecule has 0 aliphatic carbocycles. The van der Waals surface area contributed by atoms with E-state index < -0.39 is 0 Å². The van der Waals surface area contributed by atoms with E-state index in [-0.39, 0.29) is 0 Å². The number of hydrogen-bond acceptors (Lipinski definition) is 1. The molecule has 1 atom stereocenters. The van der Waals surface area contributed by atoms with Crippen LogP contribution in [0.3, 0.4) is 0 Å². The summed E-state index contributed by atoms with van der Waals surface area (Å²) in [4.78, 5) is 2.39.